The number of methoxy groups -OCH3 is 2. The van der Waals surface area contributed by atoms with Crippen molar-refractivity contribution in [1.82, 2.24) is 15.2 Å². The molecule has 1 aliphatic rings. The number of ether oxygens (including phenoxy) is 2. The largest absolute Gasteiger partial charge is 0.495 e. The first-order chi connectivity index (χ1) is 11.7. The van der Waals surface area contributed by atoms with E-state index in [1.54, 1.807) is 25.6 Å². The molecule has 0 bridgehead atoms. The number of nitrogens with one attached hydrogen (secondary N) is 1. The van der Waals surface area contributed by atoms with Gasteiger partial charge in [0.15, 0.2) is 5.13 Å². The zero-order valence-electron chi connectivity index (χ0n) is 14.2. The molecule has 24 heavy (non-hydrogen) atoms. The third-order valence-corrected chi connectivity index (χ3v) is 5.20. The van der Waals surface area contributed by atoms with Crippen LogP contribution in [0, 0.1) is 0 Å². The summed E-state index contributed by atoms with van der Waals surface area (Å²) >= 11 is 1.60. The maximum absolute atomic E-state index is 11.9. The standard InChI is InChI=1S/C16H22N4O3S/c1-4-17-15(21)19-7-9-20(10-8-19)16-18-13-11(22-2)5-6-12(23-3)14(13)24-16/h5-6H,4,7-10H2,1-3H3,(H,17,21). The number of nitrogens with zero attached hydrogens (tertiary/aromatic N) is 3. The summed E-state index contributed by atoms with van der Waals surface area (Å²) < 4.78 is 11.8. The van der Waals surface area contributed by atoms with E-state index in [0.717, 1.165) is 39.9 Å². The van der Waals surface area contributed by atoms with Crippen molar-refractivity contribution in [3.05, 3.63) is 12.1 Å². The lowest BCUT2D eigenvalue weighted by Gasteiger charge is -2.34. The van der Waals surface area contributed by atoms with Crippen LogP contribution in [0.1, 0.15) is 6.92 Å². The lowest BCUT2D eigenvalue weighted by atomic mass is 10.3. The number of carbonyl (C=O) groups is 1. The summed E-state index contributed by atoms with van der Waals surface area (Å²) in [5, 5.41) is 3.78. The molecule has 1 aromatic carbocycles. The second kappa shape index (κ2) is 7.12. The van der Waals surface area contributed by atoms with Gasteiger partial charge in [-0.15, -0.1) is 0 Å². The van der Waals surface area contributed by atoms with Gasteiger partial charge >= 0.3 is 6.03 Å². The molecular weight excluding hydrogens is 328 g/mol. The number of fused-ring (bicyclic) bond motifs is 1. The van der Waals surface area contributed by atoms with Crippen molar-refractivity contribution in [2.24, 2.45) is 0 Å². The molecule has 0 atom stereocenters. The zero-order chi connectivity index (χ0) is 17.1. The Morgan fingerprint density at radius 2 is 1.88 bits per heavy atom. The maximum Gasteiger partial charge on any atom is 0.317 e. The van der Waals surface area contributed by atoms with Gasteiger partial charge in [-0.1, -0.05) is 11.3 Å². The average Bonchev–Trinajstić information content (AvgIpc) is 3.06. The number of hydrogen-bond acceptors (Lipinski definition) is 6. The molecule has 1 N–H and O–H groups in total. The van der Waals surface area contributed by atoms with Crippen molar-refractivity contribution in [3.63, 3.8) is 0 Å². The second-order valence-corrected chi connectivity index (χ2v) is 6.43. The Kier molecular flexibility index (Phi) is 4.94. The van der Waals surface area contributed by atoms with Crippen molar-refractivity contribution >= 4 is 32.7 Å². The van der Waals surface area contributed by atoms with Crippen LogP contribution in [-0.2, 0) is 0 Å². The highest BCUT2D eigenvalue weighted by atomic mass is 32.1. The Labute approximate surface area is 145 Å². The molecule has 0 spiro atoms. The van der Waals surface area contributed by atoms with Crippen LogP contribution < -0.4 is 19.7 Å². The topological polar surface area (TPSA) is 66.9 Å². The van der Waals surface area contributed by atoms with E-state index < -0.39 is 0 Å². The number of benzene rings is 1. The van der Waals surface area contributed by atoms with E-state index in [-0.39, 0.29) is 6.03 Å². The molecule has 8 heteroatoms. The number of urea groups is 1. The molecule has 0 aliphatic carbocycles. The Bertz CT molecular complexity index is 684. The number of hydrogen-bond donors (Lipinski definition) is 1. The highest BCUT2D eigenvalue weighted by molar-refractivity contribution is 7.22. The van der Waals surface area contributed by atoms with Gasteiger partial charge in [-0.2, -0.15) is 0 Å². The molecule has 0 saturated carbocycles. The first-order valence-electron chi connectivity index (χ1n) is 7.97. The number of carbonyl (C=O) groups excluding carboxylic acids is 1. The van der Waals surface area contributed by atoms with Crippen LogP contribution in [0.5, 0.6) is 11.5 Å². The maximum atomic E-state index is 11.9. The van der Waals surface area contributed by atoms with Crippen LogP contribution in [-0.4, -0.2) is 62.9 Å². The van der Waals surface area contributed by atoms with Crippen molar-refractivity contribution in [3.8, 4) is 11.5 Å². The fourth-order valence-electron chi connectivity index (χ4n) is 2.77. The SMILES string of the molecule is CCNC(=O)N1CCN(c2nc3c(OC)ccc(OC)c3s2)CC1. The number of anilines is 1. The quantitative estimate of drug-likeness (QED) is 0.915. The summed E-state index contributed by atoms with van der Waals surface area (Å²) in [5.74, 6) is 1.55. The van der Waals surface area contributed by atoms with Gasteiger partial charge in [-0.3, -0.25) is 0 Å². The fraction of sp³-hybridized carbons (Fsp3) is 0.500. The number of thiazole rings is 1. The monoisotopic (exact) mass is 350 g/mol. The summed E-state index contributed by atoms with van der Waals surface area (Å²) in [6.07, 6.45) is 0. The Morgan fingerprint density at radius 1 is 1.21 bits per heavy atom. The van der Waals surface area contributed by atoms with Gasteiger partial charge in [0, 0.05) is 32.7 Å². The predicted octanol–water partition coefficient (Wildman–Crippen LogP) is 2.17. The third kappa shape index (κ3) is 3.06. The molecule has 130 valence electrons. The molecular formula is C16H22N4O3S. The highest BCUT2D eigenvalue weighted by Crippen LogP contribution is 2.40. The molecule has 2 heterocycles. The lowest BCUT2D eigenvalue weighted by molar-refractivity contribution is 0.195. The van der Waals surface area contributed by atoms with E-state index in [1.165, 1.54) is 0 Å². The molecule has 1 aliphatic heterocycles. The summed E-state index contributed by atoms with van der Waals surface area (Å²) in [6, 6.07) is 3.78. The van der Waals surface area contributed by atoms with Crippen LogP contribution in [0.15, 0.2) is 12.1 Å². The summed E-state index contributed by atoms with van der Waals surface area (Å²) in [5.41, 5.74) is 0.822. The Balaban J connectivity index is 1.80. The highest BCUT2D eigenvalue weighted by Gasteiger charge is 2.24. The van der Waals surface area contributed by atoms with E-state index in [0.29, 0.717) is 19.6 Å². The normalized spacial score (nSPS) is 14.8. The minimum absolute atomic E-state index is 0.00443. The van der Waals surface area contributed by atoms with Crippen molar-refractivity contribution in [2.75, 3.05) is 51.8 Å². The lowest BCUT2D eigenvalue weighted by Crippen LogP contribution is -2.51. The van der Waals surface area contributed by atoms with Gasteiger partial charge in [0.2, 0.25) is 0 Å². The third-order valence-electron chi connectivity index (χ3n) is 4.06. The molecule has 7 nitrogen and oxygen atoms in total. The Morgan fingerprint density at radius 3 is 2.50 bits per heavy atom. The van der Waals surface area contributed by atoms with Gasteiger partial charge in [-0.05, 0) is 19.1 Å². The minimum Gasteiger partial charge on any atom is -0.495 e. The number of aromatic nitrogens is 1. The van der Waals surface area contributed by atoms with E-state index in [2.05, 4.69) is 10.2 Å². The van der Waals surface area contributed by atoms with Crippen LogP contribution >= 0.6 is 11.3 Å². The molecule has 0 radical (unpaired) electrons. The summed E-state index contributed by atoms with van der Waals surface area (Å²) in [6.45, 7) is 5.49. The van der Waals surface area contributed by atoms with Crippen molar-refractivity contribution in [2.45, 2.75) is 6.92 Å². The molecule has 0 unspecified atom stereocenters. The number of amides is 2. The van der Waals surface area contributed by atoms with Gasteiger partial charge < -0.3 is 24.6 Å². The molecule has 1 saturated heterocycles. The van der Waals surface area contributed by atoms with Gasteiger partial charge in [-0.25, -0.2) is 9.78 Å². The van der Waals surface area contributed by atoms with E-state index in [4.69, 9.17) is 14.5 Å². The van der Waals surface area contributed by atoms with Gasteiger partial charge in [0.05, 0.1) is 14.2 Å². The first kappa shape index (κ1) is 16.6. The molecule has 1 aromatic heterocycles. The van der Waals surface area contributed by atoms with Crippen LogP contribution in [0.2, 0.25) is 0 Å². The minimum atomic E-state index is 0.00443. The molecule has 2 amide bonds. The van der Waals surface area contributed by atoms with Gasteiger partial charge in [0.1, 0.15) is 21.7 Å². The zero-order valence-corrected chi connectivity index (χ0v) is 15.0. The number of piperazine rings is 1. The molecule has 1 fully saturated rings. The molecule has 3 rings (SSSR count). The van der Waals surface area contributed by atoms with Crippen LogP contribution in [0.4, 0.5) is 9.93 Å². The van der Waals surface area contributed by atoms with E-state index in [9.17, 15) is 4.79 Å². The number of rotatable bonds is 4. The Hall–Kier alpha value is -2.22. The molecule has 2 aromatic rings. The summed E-state index contributed by atoms with van der Waals surface area (Å²) in [4.78, 5) is 20.7. The van der Waals surface area contributed by atoms with E-state index >= 15 is 0 Å². The van der Waals surface area contributed by atoms with Crippen molar-refractivity contribution in [1.29, 1.82) is 0 Å². The smallest absolute Gasteiger partial charge is 0.317 e. The first-order valence-corrected chi connectivity index (χ1v) is 8.78. The fourth-order valence-corrected chi connectivity index (χ4v) is 3.90. The van der Waals surface area contributed by atoms with Crippen LogP contribution in [0.25, 0.3) is 10.2 Å². The van der Waals surface area contributed by atoms with Gasteiger partial charge in [0.25, 0.3) is 0 Å². The average molecular weight is 350 g/mol. The van der Waals surface area contributed by atoms with E-state index in [1.807, 2.05) is 24.0 Å². The second-order valence-electron chi connectivity index (χ2n) is 5.45. The van der Waals surface area contributed by atoms with Crippen LogP contribution in [0.3, 0.4) is 0 Å². The van der Waals surface area contributed by atoms with Crippen molar-refractivity contribution < 1.29 is 14.3 Å². The summed E-state index contributed by atoms with van der Waals surface area (Å²) in [7, 11) is 3.30. The predicted molar refractivity (Wildman–Crippen MR) is 95.6 cm³/mol.